The molecule has 0 fully saturated rings. The van der Waals surface area contributed by atoms with Crippen LogP contribution in [0.25, 0.3) is 10.1 Å². The molecule has 0 bridgehead atoms. The van der Waals surface area contributed by atoms with E-state index >= 15 is 0 Å². The van der Waals surface area contributed by atoms with Crippen LogP contribution in [-0.4, -0.2) is 34.7 Å². The zero-order valence-electron chi connectivity index (χ0n) is 9.29. The van der Waals surface area contributed by atoms with Crippen molar-refractivity contribution >= 4 is 33.3 Å². The Labute approximate surface area is 107 Å². The van der Waals surface area contributed by atoms with Crippen molar-refractivity contribution in [2.24, 2.45) is 0 Å². The van der Waals surface area contributed by atoms with Gasteiger partial charge in [0, 0.05) is 15.5 Å². The monoisotopic (exact) mass is 265 g/mol. The van der Waals surface area contributed by atoms with Crippen molar-refractivity contribution in [2.75, 3.05) is 6.61 Å². The van der Waals surface area contributed by atoms with Gasteiger partial charge in [0.05, 0.1) is 12.2 Å². The summed E-state index contributed by atoms with van der Waals surface area (Å²) in [6, 6.07) is 6.09. The lowest BCUT2D eigenvalue weighted by Crippen LogP contribution is -2.43. The zero-order valence-corrected chi connectivity index (χ0v) is 10.1. The minimum atomic E-state index is -1.28. The largest absolute Gasteiger partial charge is 0.480 e. The molecule has 0 unspecified atom stereocenters. The number of fused-ring (bicyclic) bond motifs is 1. The Morgan fingerprint density at radius 1 is 1.33 bits per heavy atom. The first-order valence-corrected chi connectivity index (χ1v) is 6.12. The lowest BCUT2D eigenvalue weighted by molar-refractivity contribution is -0.140. The lowest BCUT2D eigenvalue weighted by atomic mass is 10.1. The molecule has 3 N–H and O–H groups in total. The third-order valence-electron chi connectivity index (χ3n) is 2.51. The Morgan fingerprint density at radius 2 is 2.06 bits per heavy atom. The van der Waals surface area contributed by atoms with E-state index in [-0.39, 0.29) is 0 Å². The third-order valence-corrected chi connectivity index (χ3v) is 3.48. The highest BCUT2D eigenvalue weighted by atomic mass is 32.1. The molecule has 1 heterocycles. The van der Waals surface area contributed by atoms with E-state index in [4.69, 9.17) is 10.2 Å². The van der Waals surface area contributed by atoms with E-state index in [0.29, 0.717) is 5.56 Å². The average molecular weight is 265 g/mol. The van der Waals surface area contributed by atoms with E-state index in [0.717, 1.165) is 10.1 Å². The summed E-state index contributed by atoms with van der Waals surface area (Å²) in [5.41, 5.74) is 0.426. The maximum absolute atomic E-state index is 11.9. The molecule has 0 spiro atoms. The highest BCUT2D eigenvalue weighted by Gasteiger charge is 2.21. The summed E-state index contributed by atoms with van der Waals surface area (Å²) in [4.78, 5) is 22.6. The maximum atomic E-state index is 11.9. The van der Waals surface area contributed by atoms with Crippen LogP contribution < -0.4 is 5.32 Å². The molecule has 1 aromatic carbocycles. The van der Waals surface area contributed by atoms with E-state index in [1.807, 2.05) is 18.2 Å². The first kappa shape index (κ1) is 12.5. The number of hydrogen-bond donors (Lipinski definition) is 3. The fourth-order valence-electron chi connectivity index (χ4n) is 1.58. The highest BCUT2D eigenvalue weighted by Crippen LogP contribution is 2.25. The minimum Gasteiger partial charge on any atom is -0.480 e. The predicted octanol–water partition coefficient (Wildman–Crippen LogP) is 1.08. The predicted molar refractivity (Wildman–Crippen MR) is 67.8 cm³/mol. The Hall–Kier alpha value is -1.92. The summed E-state index contributed by atoms with van der Waals surface area (Å²) in [5, 5.41) is 22.4. The quantitative estimate of drug-likeness (QED) is 0.772. The van der Waals surface area contributed by atoms with Crippen LogP contribution in [0, 0.1) is 0 Å². The Kier molecular flexibility index (Phi) is 3.59. The second-order valence-corrected chi connectivity index (χ2v) is 4.60. The fourth-order valence-corrected chi connectivity index (χ4v) is 2.52. The molecule has 0 radical (unpaired) electrons. The van der Waals surface area contributed by atoms with Crippen molar-refractivity contribution in [3.63, 3.8) is 0 Å². The van der Waals surface area contributed by atoms with Gasteiger partial charge in [0.2, 0.25) is 0 Å². The average Bonchev–Trinajstić information content (AvgIpc) is 2.79. The van der Waals surface area contributed by atoms with Gasteiger partial charge in [-0.25, -0.2) is 4.79 Å². The second-order valence-electron chi connectivity index (χ2n) is 3.69. The number of benzene rings is 1. The van der Waals surface area contributed by atoms with Crippen LogP contribution in [0.3, 0.4) is 0 Å². The van der Waals surface area contributed by atoms with Crippen LogP contribution in [0.15, 0.2) is 29.6 Å². The third kappa shape index (κ3) is 2.34. The number of nitrogens with one attached hydrogen (secondary N) is 1. The molecule has 2 rings (SSSR count). The first-order chi connectivity index (χ1) is 8.63. The zero-order chi connectivity index (χ0) is 13.1. The van der Waals surface area contributed by atoms with Gasteiger partial charge in [0.25, 0.3) is 5.91 Å². The van der Waals surface area contributed by atoms with Crippen LogP contribution >= 0.6 is 11.3 Å². The van der Waals surface area contributed by atoms with Crippen molar-refractivity contribution < 1.29 is 19.8 Å². The summed E-state index contributed by atoms with van der Waals surface area (Å²) < 4.78 is 0.957. The van der Waals surface area contributed by atoms with Gasteiger partial charge in [-0.3, -0.25) is 4.79 Å². The number of amides is 1. The summed E-state index contributed by atoms with van der Waals surface area (Å²) >= 11 is 1.41. The number of carboxylic acids is 1. The number of carbonyl (C=O) groups is 2. The van der Waals surface area contributed by atoms with Gasteiger partial charge in [0.1, 0.15) is 0 Å². The number of carbonyl (C=O) groups excluding carboxylic acids is 1. The van der Waals surface area contributed by atoms with Gasteiger partial charge in [-0.05, 0) is 6.07 Å². The van der Waals surface area contributed by atoms with Crippen molar-refractivity contribution in [3.8, 4) is 0 Å². The minimum absolute atomic E-state index is 0.426. The SMILES string of the molecule is O=C(N[C@H](CO)C(=O)O)c1csc2ccccc12. The number of hydrogen-bond acceptors (Lipinski definition) is 4. The van der Waals surface area contributed by atoms with Crippen molar-refractivity contribution in [2.45, 2.75) is 6.04 Å². The van der Waals surface area contributed by atoms with Crippen LogP contribution in [0.2, 0.25) is 0 Å². The number of rotatable bonds is 4. The van der Waals surface area contributed by atoms with E-state index in [1.165, 1.54) is 11.3 Å². The van der Waals surface area contributed by atoms with Crippen molar-refractivity contribution in [1.82, 2.24) is 5.32 Å². The molecule has 2 aromatic rings. The molecule has 94 valence electrons. The molecule has 0 aliphatic carbocycles. The first-order valence-electron chi connectivity index (χ1n) is 5.24. The number of thiophene rings is 1. The Bertz CT molecular complexity index is 593. The van der Waals surface area contributed by atoms with Gasteiger partial charge in [-0.1, -0.05) is 18.2 Å². The molecule has 5 nitrogen and oxygen atoms in total. The molecule has 1 atom stereocenters. The molecular formula is C12H11NO4S. The Balaban J connectivity index is 2.26. The van der Waals surface area contributed by atoms with Crippen molar-refractivity contribution in [3.05, 3.63) is 35.2 Å². The van der Waals surface area contributed by atoms with Gasteiger partial charge < -0.3 is 15.5 Å². The van der Waals surface area contributed by atoms with Gasteiger partial charge in [-0.15, -0.1) is 11.3 Å². The number of aliphatic carboxylic acids is 1. The number of carboxylic acid groups (broad SMARTS) is 1. The van der Waals surface area contributed by atoms with Crippen molar-refractivity contribution in [1.29, 1.82) is 0 Å². The van der Waals surface area contributed by atoms with Crippen LogP contribution in [-0.2, 0) is 4.79 Å². The summed E-state index contributed by atoms with van der Waals surface area (Å²) in [5.74, 6) is -1.75. The fraction of sp³-hybridized carbons (Fsp3) is 0.167. The van der Waals surface area contributed by atoms with Crippen LogP contribution in [0.1, 0.15) is 10.4 Å². The second kappa shape index (κ2) is 5.16. The number of aliphatic hydroxyl groups is 1. The summed E-state index contributed by atoms with van der Waals surface area (Å²) in [7, 11) is 0. The van der Waals surface area contributed by atoms with E-state index in [9.17, 15) is 9.59 Å². The molecule has 6 heteroatoms. The molecule has 1 amide bonds. The van der Waals surface area contributed by atoms with E-state index in [1.54, 1.807) is 11.4 Å². The summed E-state index contributed by atoms with van der Waals surface area (Å²) in [6.45, 7) is -0.636. The van der Waals surface area contributed by atoms with Gasteiger partial charge >= 0.3 is 5.97 Å². The van der Waals surface area contributed by atoms with Gasteiger partial charge in [0.15, 0.2) is 6.04 Å². The van der Waals surface area contributed by atoms with Crippen LogP contribution in [0.5, 0.6) is 0 Å². The normalized spacial score (nSPS) is 12.3. The molecule has 0 saturated heterocycles. The lowest BCUT2D eigenvalue weighted by Gasteiger charge is -2.10. The van der Waals surface area contributed by atoms with Crippen LogP contribution in [0.4, 0.5) is 0 Å². The molecule has 1 aromatic heterocycles. The van der Waals surface area contributed by atoms with E-state index in [2.05, 4.69) is 5.32 Å². The van der Waals surface area contributed by atoms with E-state index < -0.39 is 24.5 Å². The summed E-state index contributed by atoms with van der Waals surface area (Å²) in [6.07, 6.45) is 0. The topological polar surface area (TPSA) is 86.6 Å². The molecule has 0 aliphatic rings. The smallest absolute Gasteiger partial charge is 0.328 e. The standard InChI is InChI=1S/C12H11NO4S/c14-5-9(12(16)17)13-11(15)8-6-18-10-4-2-1-3-7(8)10/h1-4,6,9,14H,5H2,(H,13,15)(H,16,17)/t9-/m1/s1. The Morgan fingerprint density at radius 3 is 2.72 bits per heavy atom. The highest BCUT2D eigenvalue weighted by molar-refractivity contribution is 7.17. The molecule has 0 aliphatic heterocycles. The molecule has 18 heavy (non-hydrogen) atoms. The maximum Gasteiger partial charge on any atom is 0.328 e. The molecule has 0 saturated carbocycles. The number of aliphatic hydroxyl groups excluding tert-OH is 1. The molecular weight excluding hydrogens is 254 g/mol. The van der Waals surface area contributed by atoms with Gasteiger partial charge in [-0.2, -0.15) is 0 Å².